The van der Waals surface area contributed by atoms with Crippen molar-refractivity contribution in [1.29, 1.82) is 0 Å². The van der Waals surface area contributed by atoms with E-state index in [-0.39, 0.29) is 5.82 Å². The highest BCUT2D eigenvalue weighted by molar-refractivity contribution is 6.33. The maximum Gasteiger partial charge on any atom is 0.135 e. The second-order valence-electron chi connectivity index (χ2n) is 3.29. The van der Waals surface area contributed by atoms with Crippen molar-refractivity contribution < 1.29 is 4.39 Å². The molecule has 0 saturated carbocycles. The largest absolute Gasteiger partial charge is 0.373 e. The summed E-state index contributed by atoms with van der Waals surface area (Å²) in [5, 5.41) is 6.18. The molecule has 0 bridgehead atoms. The molecule has 1 aromatic carbocycles. The predicted octanol–water partition coefficient (Wildman–Crippen LogP) is 3.05. The van der Waals surface area contributed by atoms with Crippen LogP contribution < -0.4 is 10.6 Å². The fraction of sp³-hybridized carbons (Fsp3) is 0.0909. The number of aromatic nitrogens is 2. The first-order valence-electron chi connectivity index (χ1n) is 4.91. The number of hydrogen-bond acceptors (Lipinski definition) is 4. The highest BCUT2D eigenvalue weighted by Crippen LogP contribution is 2.25. The zero-order valence-corrected chi connectivity index (χ0v) is 9.79. The van der Waals surface area contributed by atoms with Gasteiger partial charge in [0.2, 0.25) is 0 Å². The van der Waals surface area contributed by atoms with Crippen LogP contribution in [0.2, 0.25) is 5.02 Å². The minimum atomic E-state index is -0.376. The number of hydrogen-bond donors (Lipinski definition) is 2. The molecule has 0 atom stereocenters. The molecule has 0 fully saturated rings. The van der Waals surface area contributed by atoms with E-state index in [1.165, 1.54) is 18.5 Å². The van der Waals surface area contributed by atoms with Crippen molar-refractivity contribution in [2.24, 2.45) is 0 Å². The molecule has 0 saturated heterocycles. The van der Waals surface area contributed by atoms with Crippen molar-refractivity contribution in [1.82, 2.24) is 9.97 Å². The van der Waals surface area contributed by atoms with Gasteiger partial charge in [-0.25, -0.2) is 14.4 Å². The van der Waals surface area contributed by atoms with Gasteiger partial charge in [-0.1, -0.05) is 11.6 Å². The minimum absolute atomic E-state index is 0.301. The predicted molar refractivity (Wildman–Crippen MR) is 66.3 cm³/mol. The molecule has 2 aromatic rings. The lowest BCUT2D eigenvalue weighted by Crippen LogP contribution is -1.98. The van der Waals surface area contributed by atoms with Crippen LogP contribution in [0.25, 0.3) is 0 Å². The third kappa shape index (κ3) is 2.82. The van der Waals surface area contributed by atoms with Crippen LogP contribution in [0.4, 0.5) is 21.7 Å². The van der Waals surface area contributed by atoms with Gasteiger partial charge in [-0.15, -0.1) is 0 Å². The number of benzene rings is 1. The van der Waals surface area contributed by atoms with Gasteiger partial charge < -0.3 is 10.6 Å². The molecule has 1 aromatic heterocycles. The van der Waals surface area contributed by atoms with Crippen molar-refractivity contribution in [3.8, 4) is 0 Å². The van der Waals surface area contributed by atoms with Crippen molar-refractivity contribution in [3.05, 3.63) is 41.4 Å². The summed E-state index contributed by atoms with van der Waals surface area (Å²) in [5.74, 6) is 0.887. The summed E-state index contributed by atoms with van der Waals surface area (Å²) in [6, 6.07) is 5.84. The SMILES string of the molecule is CNc1cc(Nc2ccc(F)cc2Cl)ncn1. The Balaban J connectivity index is 2.25. The zero-order valence-electron chi connectivity index (χ0n) is 9.04. The van der Waals surface area contributed by atoms with E-state index in [2.05, 4.69) is 20.6 Å². The van der Waals surface area contributed by atoms with Gasteiger partial charge in [0.15, 0.2) is 0 Å². The lowest BCUT2D eigenvalue weighted by Gasteiger charge is -2.08. The van der Waals surface area contributed by atoms with Crippen LogP contribution in [0.5, 0.6) is 0 Å². The molecule has 0 aliphatic rings. The van der Waals surface area contributed by atoms with Gasteiger partial charge >= 0.3 is 0 Å². The molecular formula is C11H10ClFN4. The minimum Gasteiger partial charge on any atom is -0.373 e. The molecule has 2 rings (SSSR count). The molecule has 6 heteroatoms. The molecule has 4 nitrogen and oxygen atoms in total. The van der Waals surface area contributed by atoms with Gasteiger partial charge in [0, 0.05) is 13.1 Å². The van der Waals surface area contributed by atoms with E-state index in [4.69, 9.17) is 11.6 Å². The van der Waals surface area contributed by atoms with E-state index in [9.17, 15) is 4.39 Å². The molecule has 0 radical (unpaired) electrons. The van der Waals surface area contributed by atoms with Crippen molar-refractivity contribution in [3.63, 3.8) is 0 Å². The van der Waals surface area contributed by atoms with E-state index in [1.807, 2.05) is 0 Å². The smallest absolute Gasteiger partial charge is 0.135 e. The average molecular weight is 253 g/mol. The van der Waals surface area contributed by atoms with Crippen LogP contribution in [-0.4, -0.2) is 17.0 Å². The summed E-state index contributed by atoms with van der Waals surface area (Å²) < 4.78 is 12.9. The molecule has 2 N–H and O–H groups in total. The van der Waals surface area contributed by atoms with Crippen molar-refractivity contribution in [2.45, 2.75) is 0 Å². The summed E-state index contributed by atoms with van der Waals surface area (Å²) in [6.45, 7) is 0. The first kappa shape index (κ1) is 11.6. The van der Waals surface area contributed by atoms with Gasteiger partial charge in [-0.2, -0.15) is 0 Å². The maximum absolute atomic E-state index is 12.9. The topological polar surface area (TPSA) is 49.8 Å². The lowest BCUT2D eigenvalue weighted by atomic mass is 10.3. The second-order valence-corrected chi connectivity index (χ2v) is 3.69. The Morgan fingerprint density at radius 2 is 1.94 bits per heavy atom. The Bertz CT molecular complexity index is 533. The number of rotatable bonds is 3. The normalized spacial score (nSPS) is 10.1. The fourth-order valence-electron chi connectivity index (χ4n) is 1.29. The second kappa shape index (κ2) is 4.97. The monoisotopic (exact) mass is 252 g/mol. The summed E-state index contributed by atoms with van der Waals surface area (Å²) in [4.78, 5) is 8.01. The zero-order chi connectivity index (χ0) is 12.3. The molecule has 88 valence electrons. The van der Waals surface area contributed by atoms with Crippen LogP contribution in [0.1, 0.15) is 0 Å². The Hall–Kier alpha value is -1.88. The molecule has 0 spiro atoms. The Kier molecular flexibility index (Phi) is 3.39. The Labute approximate surface area is 103 Å². The molecule has 0 unspecified atom stereocenters. The van der Waals surface area contributed by atoms with Gasteiger partial charge in [0.1, 0.15) is 23.8 Å². The fourth-order valence-corrected chi connectivity index (χ4v) is 1.51. The van der Waals surface area contributed by atoms with E-state index >= 15 is 0 Å². The van der Waals surface area contributed by atoms with E-state index < -0.39 is 0 Å². The molecule has 1 heterocycles. The maximum atomic E-state index is 12.9. The van der Waals surface area contributed by atoms with Gasteiger partial charge in [0.05, 0.1) is 10.7 Å². The molecule has 0 aliphatic carbocycles. The third-order valence-corrected chi connectivity index (χ3v) is 2.43. The summed E-state index contributed by atoms with van der Waals surface area (Å²) >= 11 is 5.89. The summed E-state index contributed by atoms with van der Waals surface area (Å²) in [7, 11) is 1.76. The first-order valence-corrected chi connectivity index (χ1v) is 5.28. The molecule has 17 heavy (non-hydrogen) atoms. The van der Waals surface area contributed by atoms with Gasteiger partial charge in [-0.05, 0) is 18.2 Å². The number of halogens is 2. The van der Waals surface area contributed by atoms with Crippen LogP contribution in [0, 0.1) is 5.82 Å². The molecular weight excluding hydrogens is 243 g/mol. The third-order valence-electron chi connectivity index (χ3n) is 2.12. The molecule has 0 amide bonds. The van der Waals surface area contributed by atoms with Gasteiger partial charge in [0.25, 0.3) is 0 Å². The average Bonchev–Trinajstić information content (AvgIpc) is 2.33. The van der Waals surface area contributed by atoms with E-state index in [0.717, 1.165) is 0 Å². The van der Waals surface area contributed by atoms with Crippen LogP contribution in [0.3, 0.4) is 0 Å². The quantitative estimate of drug-likeness (QED) is 0.882. The van der Waals surface area contributed by atoms with Crippen LogP contribution >= 0.6 is 11.6 Å². The van der Waals surface area contributed by atoms with E-state index in [1.54, 1.807) is 19.2 Å². The molecule has 0 aliphatic heterocycles. The number of nitrogens with one attached hydrogen (secondary N) is 2. The Morgan fingerprint density at radius 1 is 1.18 bits per heavy atom. The lowest BCUT2D eigenvalue weighted by molar-refractivity contribution is 0.628. The summed E-state index contributed by atoms with van der Waals surface area (Å²) in [6.07, 6.45) is 1.42. The highest BCUT2D eigenvalue weighted by Gasteiger charge is 2.03. The van der Waals surface area contributed by atoms with Crippen LogP contribution in [0.15, 0.2) is 30.6 Å². The Morgan fingerprint density at radius 3 is 2.65 bits per heavy atom. The standard InChI is InChI=1S/C11H10ClFN4/c1-14-10-5-11(16-6-15-10)17-9-3-2-7(13)4-8(9)12/h2-6H,1H3,(H2,14,15,16,17). The number of nitrogens with zero attached hydrogens (tertiary/aromatic N) is 2. The van der Waals surface area contributed by atoms with Gasteiger partial charge in [-0.3, -0.25) is 0 Å². The first-order chi connectivity index (χ1) is 8.19. The van der Waals surface area contributed by atoms with E-state index in [0.29, 0.717) is 22.3 Å². The number of anilines is 3. The highest BCUT2D eigenvalue weighted by atomic mass is 35.5. The van der Waals surface area contributed by atoms with Crippen molar-refractivity contribution in [2.75, 3.05) is 17.7 Å². The van der Waals surface area contributed by atoms with Crippen LogP contribution in [-0.2, 0) is 0 Å². The summed E-state index contributed by atoms with van der Waals surface area (Å²) in [5.41, 5.74) is 0.591. The van der Waals surface area contributed by atoms with Crippen molar-refractivity contribution >= 4 is 28.9 Å².